The Morgan fingerprint density at radius 3 is 3.05 bits per heavy atom. The van der Waals surface area contributed by atoms with E-state index in [2.05, 4.69) is 5.32 Å². The molecule has 1 aromatic rings. The van der Waals surface area contributed by atoms with Gasteiger partial charge in [-0.1, -0.05) is 0 Å². The molecule has 2 heterocycles. The minimum atomic E-state index is -0.351. The number of rotatable bonds is 6. The molecular weight excluding hydrogens is 296 g/mol. The Morgan fingerprint density at radius 1 is 1.65 bits per heavy atom. The lowest BCUT2D eigenvalue weighted by atomic mass is 10.2. The molecule has 20 heavy (non-hydrogen) atoms. The third-order valence-corrected chi connectivity index (χ3v) is 5.18. The summed E-state index contributed by atoms with van der Waals surface area (Å²) < 4.78 is 10.6. The first kappa shape index (κ1) is 15.5. The number of hydrogen-bond acceptors (Lipinski definition) is 7. The van der Waals surface area contributed by atoms with Crippen molar-refractivity contribution in [3.05, 3.63) is 4.88 Å². The van der Waals surface area contributed by atoms with Crippen LogP contribution in [-0.2, 0) is 9.47 Å². The number of anilines is 2. The molecule has 1 atom stereocenters. The lowest BCUT2D eigenvalue weighted by Gasteiger charge is -2.11. The van der Waals surface area contributed by atoms with E-state index in [1.807, 2.05) is 6.26 Å². The summed E-state index contributed by atoms with van der Waals surface area (Å²) in [4.78, 5) is 13.2. The second kappa shape index (κ2) is 7.19. The molecule has 1 fully saturated rings. The number of thiophene rings is 1. The number of hydrogen-bond donors (Lipinski definition) is 2. The Balaban J connectivity index is 2.10. The largest absolute Gasteiger partial charge is 0.462 e. The van der Waals surface area contributed by atoms with Crippen molar-refractivity contribution < 1.29 is 14.3 Å². The van der Waals surface area contributed by atoms with Crippen molar-refractivity contribution in [1.82, 2.24) is 0 Å². The van der Waals surface area contributed by atoms with Crippen LogP contribution in [0.25, 0.3) is 0 Å². The minimum absolute atomic E-state index is 0.249. The van der Waals surface area contributed by atoms with Crippen LogP contribution in [-0.4, -0.2) is 38.1 Å². The lowest BCUT2D eigenvalue weighted by Crippen LogP contribution is -2.18. The van der Waals surface area contributed by atoms with Crippen molar-refractivity contribution in [3.63, 3.8) is 0 Å². The van der Waals surface area contributed by atoms with Crippen molar-refractivity contribution in [3.8, 4) is 0 Å². The van der Waals surface area contributed by atoms with Crippen LogP contribution in [0, 0.1) is 0 Å². The zero-order valence-electron chi connectivity index (χ0n) is 11.7. The summed E-state index contributed by atoms with van der Waals surface area (Å²) in [6.45, 7) is 3.72. The third-order valence-electron chi connectivity index (χ3n) is 3.08. The number of nitrogen functional groups attached to an aromatic ring is 1. The van der Waals surface area contributed by atoms with E-state index in [1.54, 1.807) is 6.92 Å². The van der Waals surface area contributed by atoms with Crippen molar-refractivity contribution in [1.29, 1.82) is 0 Å². The van der Waals surface area contributed by atoms with E-state index in [4.69, 9.17) is 15.2 Å². The maximum absolute atomic E-state index is 11.9. The van der Waals surface area contributed by atoms with E-state index in [9.17, 15) is 4.79 Å². The summed E-state index contributed by atoms with van der Waals surface area (Å²) in [6.07, 6.45) is 4.39. The standard InChI is InChI=1S/C13H20N2O3S2/c1-3-17-13(16)11-9(14)10(19-2)12(20-11)15-7-8-5-4-6-18-8/h8,15H,3-7,14H2,1-2H3. The fourth-order valence-corrected chi connectivity index (χ4v) is 4.04. The molecule has 1 aliphatic rings. The van der Waals surface area contributed by atoms with Gasteiger partial charge in [0.1, 0.15) is 9.88 Å². The molecule has 0 saturated carbocycles. The number of esters is 1. The Hall–Kier alpha value is -0.920. The maximum atomic E-state index is 11.9. The number of thioether (sulfide) groups is 1. The van der Waals surface area contributed by atoms with Gasteiger partial charge in [0.15, 0.2) is 0 Å². The van der Waals surface area contributed by atoms with Crippen LogP contribution in [0.3, 0.4) is 0 Å². The molecular formula is C13H20N2O3S2. The first-order valence-corrected chi connectivity index (χ1v) is 8.70. The summed E-state index contributed by atoms with van der Waals surface area (Å²) in [7, 11) is 0. The highest BCUT2D eigenvalue weighted by molar-refractivity contribution is 7.99. The highest BCUT2D eigenvalue weighted by Crippen LogP contribution is 2.42. The van der Waals surface area contributed by atoms with E-state index in [0.29, 0.717) is 17.2 Å². The average molecular weight is 316 g/mol. The molecule has 7 heteroatoms. The Bertz CT molecular complexity index is 470. The van der Waals surface area contributed by atoms with Gasteiger partial charge in [-0.3, -0.25) is 0 Å². The molecule has 0 bridgehead atoms. The van der Waals surface area contributed by atoms with E-state index in [-0.39, 0.29) is 12.1 Å². The van der Waals surface area contributed by atoms with Gasteiger partial charge in [-0.15, -0.1) is 23.1 Å². The highest BCUT2D eigenvalue weighted by Gasteiger charge is 2.23. The van der Waals surface area contributed by atoms with Gasteiger partial charge < -0.3 is 20.5 Å². The fourth-order valence-electron chi connectivity index (χ4n) is 2.11. The van der Waals surface area contributed by atoms with Gasteiger partial charge in [0.05, 0.1) is 23.3 Å². The lowest BCUT2D eigenvalue weighted by molar-refractivity contribution is 0.0533. The zero-order chi connectivity index (χ0) is 14.5. The van der Waals surface area contributed by atoms with Gasteiger partial charge in [0, 0.05) is 13.2 Å². The molecule has 1 aromatic heterocycles. The normalized spacial score (nSPS) is 18.2. The third kappa shape index (κ3) is 3.39. The molecule has 1 saturated heterocycles. The molecule has 1 unspecified atom stereocenters. The highest BCUT2D eigenvalue weighted by atomic mass is 32.2. The van der Waals surface area contributed by atoms with Crippen molar-refractivity contribution in [2.75, 3.05) is 37.1 Å². The smallest absolute Gasteiger partial charge is 0.350 e. The molecule has 0 radical (unpaired) electrons. The minimum Gasteiger partial charge on any atom is -0.462 e. The number of carbonyl (C=O) groups is 1. The number of nitrogens with one attached hydrogen (secondary N) is 1. The van der Waals surface area contributed by atoms with E-state index >= 15 is 0 Å². The van der Waals surface area contributed by atoms with Crippen LogP contribution in [0.5, 0.6) is 0 Å². The predicted molar refractivity (Wildman–Crippen MR) is 83.9 cm³/mol. The van der Waals surface area contributed by atoms with Gasteiger partial charge in [-0.05, 0) is 26.0 Å². The van der Waals surface area contributed by atoms with E-state index < -0.39 is 0 Å². The van der Waals surface area contributed by atoms with Crippen LogP contribution in [0.4, 0.5) is 10.7 Å². The summed E-state index contributed by atoms with van der Waals surface area (Å²) in [6, 6.07) is 0. The Morgan fingerprint density at radius 2 is 2.45 bits per heavy atom. The molecule has 3 N–H and O–H groups in total. The molecule has 0 aliphatic carbocycles. The first-order valence-electron chi connectivity index (χ1n) is 6.66. The molecule has 5 nitrogen and oxygen atoms in total. The Labute approximate surface area is 127 Å². The van der Waals surface area contributed by atoms with E-state index in [0.717, 1.165) is 35.9 Å². The first-order chi connectivity index (χ1) is 9.67. The quantitative estimate of drug-likeness (QED) is 0.621. The number of carbonyl (C=O) groups excluding carboxylic acids is 1. The molecule has 2 rings (SSSR count). The molecule has 0 aromatic carbocycles. The second-order valence-electron chi connectivity index (χ2n) is 4.44. The van der Waals surface area contributed by atoms with Gasteiger partial charge >= 0.3 is 5.97 Å². The maximum Gasteiger partial charge on any atom is 0.350 e. The van der Waals surface area contributed by atoms with Crippen molar-refractivity contribution in [2.24, 2.45) is 0 Å². The second-order valence-corrected chi connectivity index (χ2v) is 6.28. The molecule has 0 amide bonds. The fraction of sp³-hybridized carbons (Fsp3) is 0.615. The monoisotopic (exact) mass is 316 g/mol. The van der Waals surface area contributed by atoms with Gasteiger partial charge in [0.25, 0.3) is 0 Å². The predicted octanol–water partition coefficient (Wildman–Crippen LogP) is 2.82. The van der Waals surface area contributed by atoms with Gasteiger partial charge in [0.2, 0.25) is 0 Å². The van der Waals surface area contributed by atoms with Gasteiger partial charge in [-0.25, -0.2) is 4.79 Å². The summed E-state index contributed by atoms with van der Waals surface area (Å²) >= 11 is 2.89. The van der Waals surface area contributed by atoms with Crippen LogP contribution in [0.2, 0.25) is 0 Å². The SMILES string of the molecule is CCOC(=O)c1sc(NCC2CCCO2)c(SC)c1N. The zero-order valence-corrected chi connectivity index (χ0v) is 13.4. The molecule has 112 valence electrons. The number of nitrogens with two attached hydrogens (primary N) is 1. The Kier molecular flexibility index (Phi) is 5.56. The molecule has 1 aliphatic heterocycles. The van der Waals surface area contributed by atoms with E-state index in [1.165, 1.54) is 23.1 Å². The van der Waals surface area contributed by atoms with Crippen LogP contribution in [0.15, 0.2) is 4.90 Å². The average Bonchev–Trinajstić information content (AvgIpc) is 3.04. The molecule has 0 spiro atoms. The topological polar surface area (TPSA) is 73.6 Å². The van der Waals surface area contributed by atoms with Crippen LogP contribution in [0.1, 0.15) is 29.4 Å². The summed E-state index contributed by atoms with van der Waals surface area (Å²) in [5.74, 6) is -0.351. The van der Waals surface area contributed by atoms with Crippen molar-refractivity contribution in [2.45, 2.75) is 30.8 Å². The van der Waals surface area contributed by atoms with Crippen LogP contribution < -0.4 is 11.1 Å². The van der Waals surface area contributed by atoms with Crippen molar-refractivity contribution >= 4 is 39.8 Å². The number of ether oxygens (including phenoxy) is 2. The summed E-state index contributed by atoms with van der Waals surface area (Å²) in [5, 5.41) is 4.27. The summed E-state index contributed by atoms with van der Waals surface area (Å²) in [5.41, 5.74) is 6.56. The van der Waals surface area contributed by atoms with Crippen LogP contribution >= 0.6 is 23.1 Å². The van der Waals surface area contributed by atoms with Gasteiger partial charge in [-0.2, -0.15) is 0 Å².